The number of aryl methyl sites for hydroxylation is 1. The van der Waals surface area contributed by atoms with Gasteiger partial charge in [-0.15, -0.1) is 0 Å². The van der Waals surface area contributed by atoms with Crippen LogP contribution in [0.15, 0.2) is 22.7 Å². The lowest BCUT2D eigenvalue weighted by atomic mass is 10.0. The molecule has 3 rings (SSSR count). The lowest BCUT2D eigenvalue weighted by Gasteiger charge is -2.36. The summed E-state index contributed by atoms with van der Waals surface area (Å²) >= 11 is 3.65. The molecule has 3 heteroatoms. The van der Waals surface area contributed by atoms with Gasteiger partial charge in [0.15, 0.2) is 0 Å². The van der Waals surface area contributed by atoms with Gasteiger partial charge in [-0.2, -0.15) is 0 Å². The first-order valence-corrected chi connectivity index (χ1v) is 7.00. The summed E-state index contributed by atoms with van der Waals surface area (Å²) in [5.41, 5.74) is 2.52. The van der Waals surface area contributed by atoms with Crippen molar-refractivity contribution in [3.05, 3.63) is 28.2 Å². The molecule has 1 aromatic carbocycles. The molecule has 2 aliphatic heterocycles. The number of carbonyl (C=O) groups excluding carboxylic acids is 1. The third-order valence-electron chi connectivity index (χ3n) is 3.93. The van der Waals surface area contributed by atoms with Gasteiger partial charge < -0.3 is 4.90 Å². The largest absolute Gasteiger partial charge is 0.364 e. The number of anilines is 1. The molecule has 0 N–H and O–H groups in total. The predicted molar refractivity (Wildman–Crippen MR) is 72.4 cm³/mol. The van der Waals surface area contributed by atoms with E-state index in [9.17, 15) is 4.79 Å². The van der Waals surface area contributed by atoms with Gasteiger partial charge in [0.2, 0.25) is 0 Å². The smallest absolute Gasteiger partial charge is 0.137 e. The molecule has 2 unspecified atom stereocenters. The minimum Gasteiger partial charge on any atom is -0.364 e. The number of piperidine rings is 1. The van der Waals surface area contributed by atoms with Crippen LogP contribution in [0.5, 0.6) is 0 Å². The first kappa shape index (κ1) is 11.3. The van der Waals surface area contributed by atoms with Gasteiger partial charge in [0.1, 0.15) is 5.78 Å². The minimum absolute atomic E-state index is 0.431. The van der Waals surface area contributed by atoms with E-state index in [0.717, 1.165) is 30.2 Å². The fourth-order valence-electron chi connectivity index (χ4n) is 3.19. The Labute approximate surface area is 110 Å². The maximum atomic E-state index is 11.6. The number of benzene rings is 1. The predicted octanol–water partition coefficient (Wildman–Crippen LogP) is 3.46. The first-order chi connectivity index (χ1) is 8.15. The third kappa shape index (κ3) is 1.90. The highest BCUT2D eigenvalue weighted by molar-refractivity contribution is 9.10. The van der Waals surface area contributed by atoms with E-state index in [1.165, 1.54) is 11.3 Å². The molecule has 1 aromatic rings. The summed E-state index contributed by atoms with van der Waals surface area (Å²) in [6.45, 7) is 2.10. The van der Waals surface area contributed by atoms with Gasteiger partial charge in [0.05, 0.1) is 5.69 Å². The summed E-state index contributed by atoms with van der Waals surface area (Å²) in [4.78, 5) is 14.1. The van der Waals surface area contributed by atoms with E-state index < -0.39 is 0 Å². The normalized spacial score (nSPS) is 27.6. The van der Waals surface area contributed by atoms with Gasteiger partial charge >= 0.3 is 0 Å². The molecule has 17 heavy (non-hydrogen) atoms. The first-order valence-electron chi connectivity index (χ1n) is 6.21. The van der Waals surface area contributed by atoms with Crippen molar-refractivity contribution in [3.8, 4) is 0 Å². The van der Waals surface area contributed by atoms with Gasteiger partial charge in [0.25, 0.3) is 0 Å². The number of nitrogens with zero attached hydrogens (tertiary/aromatic N) is 1. The lowest BCUT2D eigenvalue weighted by Crippen LogP contribution is -2.43. The van der Waals surface area contributed by atoms with Gasteiger partial charge in [-0.05, 0) is 53.4 Å². The average molecular weight is 294 g/mol. The minimum atomic E-state index is 0.431. The lowest BCUT2D eigenvalue weighted by molar-refractivity contribution is -0.120. The van der Waals surface area contributed by atoms with E-state index in [0.29, 0.717) is 17.9 Å². The number of hydrogen-bond acceptors (Lipinski definition) is 2. The molecule has 0 aromatic heterocycles. The quantitative estimate of drug-likeness (QED) is 0.790. The zero-order valence-electron chi connectivity index (χ0n) is 9.95. The van der Waals surface area contributed by atoms with Crippen LogP contribution in [0.25, 0.3) is 0 Å². The molecule has 2 heterocycles. The Kier molecular flexibility index (Phi) is 2.74. The molecule has 0 saturated carbocycles. The van der Waals surface area contributed by atoms with Crippen molar-refractivity contribution in [2.45, 2.75) is 44.7 Å². The highest BCUT2D eigenvalue weighted by Crippen LogP contribution is 2.41. The molecule has 0 amide bonds. The molecular weight excluding hydrogens is 278 g/mol. The van der Waals surface area contributed by atoms with Crippen LogP contribution in [0.3, 0.4) is 0 Å². The molecule has 2 aliphatic rings. The van der Waals surface area contributed by atoms with Crippen LogP contribution in [-0.2, 0) is 4.79 Å². The standard InChI is InChI=1S/C14H16BrNO/c1-9-2-5-14(13(15)6-9)16-10-3-4-11(16)8-12(17)7-10/h2,5-6,10-11H,3-4,7-8H2,1H3. The van der Waals surface area contributed by atoms with Gasteiger partial charge in [-0.3, -0.25) is 4.79 Å². The molecule has 0 spiro atoms. The van der Waals surface area contributed by atoms with E-state index in [2.05, 4.69) is 46.0 Å². The van der Waals surface area contributed by atoms with Crippen LogP contribution in [0.1, 0.15) is 31.2 Å². The maximum absolute atomic E-state index is 11.6. The third-order valence-corrected chi connectivity index (χ3v) is 4.56. The van der Waals surface area contributed by atoms with Gasteiger partial charge in [-0.25, -0.2) is 0 Å². The Hall–Kier alpha value is -0.830. The van der Waals surface area contributed by atoms with Crippen molar-refractivity contribution in [2.24, 2.45) is 0 Å². The van der Waals surface area contributed by atoms with Crippen LogP contribution in [0.2, 0.25) is 0 Å². The second-order valence-corrected chi connectivity index (χ2v) is 6.05. The van der Waals surface area contributed by atoms with Crippen LogP contribution in [0, 0.1) is 6.92 Å². The summed E-state index contributed by atoms with van der Waals surface area (Å²) in [6.07, 6.45) is 3.79. The molecule has 2 atom stereocenters. The number of carbonyl (C=O) groups is 1. The fraction of sp³-hybridized carbons (Fsp3) is 0.500. The van der Waals surface area contributed by atoms with Crippen molar-refractivity contribution >= 4 is 27.4 Å². The Morgan fingerprint density at radius 3 is 2.47 bits per heavy atom. The van der Waals surface area contributed by atoms with Crippen LogP contribution in [0.4, 0.5) is 5.69 Å². The number of fused-ring (bicyclic) bond motifs is 2. The van der Waals surface area contributed by atoms with Crippen LogP contribution >= 0.6 is 15.9 Å². The summed E-state index contributed by atoms with van der Waals surface area (Å²) in [6, 6.07) is 7.35. The summed E-state index contributed by atoms with van der Waals surface area (Å²) in [5.74, 6) is 0.442. The van der Waals surface area contributed by atoms with E-state index in [1.54, 1.807) is 0 Å². The van der Waals surface area contributed by atoms with Gasteiger partial charge in [-0.1, -0.05) is 6.07 Å². The molecule has 90 valence electrons. The molecular formula is C14H16BrNO. The maximum Gasteiger partial charge on any atom is 0.137 e. The Morgan fingerprint density at radius 1 is 1.24 bits per heavy atom. The number of halogens is 1. The topological polar surface area (TPSA) is 20.3 Å². The molecule has 2 fully saturated rings. The Morgan fingerprint density at radius 2 is 1.88 bits per heavy atom. The molecule has 2 nitrogen and oxygen atoms in total. The Balaban J connectivity index is 1.97. The SMILES string of the molecule is Cc1ccc(N2C3CCC2CC(=O)C3)c(Br)c1. The highest BCUT2D eigenvalue weighted by atomic mass is 79.9. The second kappa shape index (κ2) is 4.13. The monoisotopic (exact) mass is 293 g/mol. The van der Waals surface area contributed by atoms with Crippen molar-refractivity contribution < 1.29 is 4.79 Å². The summed E-state index contributed by atoms with van der Waals surface area (Å²) in [7, 11) is 0. The number of ketones is 1. The fourth-order valence-corrected chi connectivity index (χ4v) is 3.88. The molecule has 0 aliphatic carbocycles. The number of Topliss-reactive ketones (excluding diaryl/α,β-unsaturated/α-hetero) is 1. The van der Waals surface area contributed by atoms with Crippen LogP contribution in [-0.4, -0.2) is 17.9 Å². The highest BCUT2D eigenvalue weighted by Gasteiger charge is 2.40. The summed E-state index contributed by atoms with van der Waals surface area (Å²) in [5, 5.41) is 0. The van der Waals surface area contributed by atoms with E-state index in [1.807, 2.05) is 0 Å². The zero-order valence-corrected chi connectivity index (χ0v) is 11.5. The van der Waals surface area contributed by atoms with E-state index in [-0.39, 0.29) is 0 Å². The molecule has 2 saturated heterocycles. The van der Waals surface area contributed by atoms with Crippen molar-refractivity contribution in [2.75, 3.05) is 4.90 Å². The number of hydrogen-bond donors (Lipinski definition) is 0. The Bertz CT molecular complexity index is 455. The van der Waals surface area contributed by atoms with Crippen LogP contribution < -0.4 is 4.90 Å². The van der Waals surface area contributed by atoms with Crippen molar-refractivity contribution in [1.82, 2.24) is 0 Å². The zero-order chi connectivity index (χ0) is 12.0. The average Bonchev–Trinajstić information content (AvgIpc) is 2.53. The molecule has 2 bridgehead atoms. The summed E-state index contributed by atoms with van der Waals surface area (Å²) < 4.78 is 1.16. The number of rotatable bonds is 1. The van der Waals surface area contributed by atoms with Crippen molar-refractivity contribution in [3.63, 3.8) is 0 Å². The van der Waals surface area contributed by atoms with E-state index >= 15 is 0 Å². The second-order valence-electron chi connectivity index (χ2n) is 5.19. The van der Waals surface area contributed by atoms with Crippen molar-refractivity contribution in [1.29, 1.82) is 0 Å². The van der Waals surface area contributed by atoms with E-state index in [4.69, 9.17) is 0 Å². The molecule has 0 radical (unpaired) electrons. The van der Waals surface area contributed by atoms with Gasteiger partial charge in [0, 0.05) is 29.4 Å².